The summed E-state index contributed by atoms with van der Waals surface area (Å²) >= 11 is 1.81. The Kier molecular flexibility index (Phi) is 5.77. The highest BCUT2D eigenvalue weighted by Gasteiger charge is 2.14. The Labute approximate surface area is 125 Å². The maximum atomic E-state index is 9.39. The average Bonchev–Trinajstić information content (AvgIpc) is 2.97. The maximum absolute atomic E-state index is 9.39. The number of thiophene rings is 1. The molecule has 3 heteroatoms. The summed E-state index contributed by atoms with van der Waals surface area (Å²) in [5.74, 6) is 0.655. The normalized spacial score (nSPS) is 12.8. The second kappa shape index (κ2) is 7.58. The van der Waals surface area contributed by atoms with Crippen LogP contribution in [0.2, 0.25) is 0 Å². The van der Waals surface area contributed by atoms with Crippen LogP contribution in [0, 0.1) is 5.92 Å². The molecule has 1 atom stereocenters. The van der Waals surface area contributed by atoms with Crippen molar-refractivity contribution < 1.29 is 5.11 Å². The molecule has 1 aromatic carbocycles. The lowest BCUT2D eigenvalue weighted by Gasteiger charge is -2.20. The van der Waals surface area contributed by atoms with Crippen LogP contribution in [0.5, 0.6) is 0 Å². The van der Waals surface area contributed by atoms with E-state index < -0.39 is 0 Å². The zero-order chi connectivity index (χ0) is 14.4. The molecule has 2 nitrogen and oxygen atoms in total. The van der Waals surface area contributed by atoms with E-state index in [1.165, 1.54) is 10.4 Å². The van der Waals surface area contributed by atoms with Gasteiger partial charge in [0, 0.05) is 17.5 Å². The quantitative estimate of drug-likeness (QED) is 0.803. The summed E-state index contributed by atoms with van der Waals surface area (Å²) < 4.78 is 0. The van der Waals surface area contributed by atoms with Gasteiger partial charge in [0.2, 0.25) is 0 Å². The van der Waals surface area contributed by atoms with E-state index in [1.807, 2.05) is 18.2 Å². The Balaban J connectivity index is 2.05. The van der Waals surface area contributed by atoms with Crippen molar-refractivity contribution in [1.82, 2.24) is 5.32 Å². The van der Waals surface area contributed by atoms with Crippen molar-refractivity contribution >= 4 is 11.3 Å². The van der Waals surface area contributed by atoms with Crippen LogP contribution < -0.4 is 5.32 Å². The molecule has 20 heavy (non-hydrogen) atoms. The highest BCUT2D eigenvalue weighted by atomic mass is 32.1. The molecule has 0 aliphatic heterocycles. The lowest BCUT2D eigenvalue weighted by molar-refractivity contribution is 0.280. The van der Waals surface area contributed by atoms with Crippen molar-refractivity contribution in [3.05, 3.63) is 57.8 Å². The smallest absolute Gasteiger partial charge is 0.0685 e. The minimum absolute atomic E-state index is 0.103. The van der Waals surface area contributed by atoms with Gasteiger partial charge in [-0.05, 0) is 34.9 Å². The Bertz CT molecular complexity index is 507. The van der Waals surface area contributed by atoms with Crippen LogP contribution in [0.4, 0.5) is 0 Å². The summed E-state index contributed by atoms with van der Waals surface area (Å²) in [5, 5.41) is 15.2. The first-order chi connectivity index (χ1) is 9.70. The first-order valence-corrected chi connectivity index (χ1v) is 8.03. The van der Waals surface area contributed by atoms with Crippen LogP contribution in [-0.2, 0) is 13.2 Å². The van der Waals surface area contributed by atoms with Gasteiger partial charge < -0.3 is 10.4 Å². The molecule has 108 valence electrons. The molecule has 0 radical (unpaired) electrons. The van der Waals surface area contributed by atoms with Crippen LogP contribution in [-0.4, -0.2) is 5.11 Å². The van der Waals surface area contributed by atoms with E-state index in [2.05, 4.69) is 42.7 Å². The van der Waals surface area contributed by atoms with Crippen LogP contribution >= 0.6 is 11.3 Å². The van der Waals surface area contributed by atoms with E-state index in [0.717, 1.165) is 18.5 Å². The van der Waals surface area contributed by atoms with E-state index >= 15 is 0 Å². The van der Waals surface area contributed by atoms with Crippen molar-refractivity contribution in [3.8, 4) is 0 Å². The number of aliphatic hydroxyl groups is 1. The summed E-state index contributed by atoms with van der Waals surface area (Å²) in [6.45, 7) is 5.41. The zero-order valence-corrected chi connectivity index (χ0v) is 13.0. The minimum Gasteiger partial charge on any atom is -0.392 e. The van der Waals surface area contributed by atoms with Gasteiger partial charge in [0.15, 0.2) is 0 Å². The highest BCUT2D eigenvalue weighted by molar-refractivity contribution is 7.10. The zero-order valence-electron chi connectivity index (χ0n) is 12.2. The fourth-order valence-corrected chi connectivity index (χ4v) is 3.19. The second-order valence-corrected chi connectivity index (χ2v) is 6.48. The fourth-order valence-electron chi connectivity index (χ4n) is 2.38. The van der Waals surface area contributed by atoms with E-state index in [1.54, 1.807) is 11.3 Å². The molecule has 2 aromatic rings. The van der Waals surface area contributed by atoms with E-state index in [4.69, 9.17) is 0 Å². The van der Waals surface area contributed by atoms with E-state index in [0.29, 0.717) is 12.0 Å². The van der Waals surface area contributed by atoms with Crippen molar-refractivity contribution in [3.63, 3.8) is 0 Å². The summed E-state index contributed by atoms with van der Waals surface area (Å²) in [6, 6.07) is 12.8. The summed E-state index contributed by atoms with van der Waals surface area (Å²) in [7, 11) is 0. The van der Waals surface area contributed by atoms with Gasteiger partial charge in [0.1, 0.15) is 0 Å². The van der Waals surface area contributed by atoms with Crippen molar-refractivity contribution in [2.45, 2.75) is 39.5 Å². The third kappa shape index (κ3) is 4.17. The number of aliphatic hydroxyl groups excluding tert-OH is 1. The Morgan fingerprint density at radius 1 is 1.10 bits per heavy atom. The summed E-state index contributed by atoms with van der Waals surface area (Å²) in [4.78, 5) is 1.39. The maximum Gasteiger partial charge on any atom is 0.0685 e. The van der Waals surface area contributed by atoms with E-state index in [9.17, 15) is 5.11 Å². The first kappa shape index (κ1) is 15.2. The standard InChI is InChI=1S/C17H23NOS/c1-13(2)10-16(17-8-5-9-20-17)18-11-14-6-3-4-7-15(14)12-19/h3-9,13,16,18-19H,10-12H2,1-2H3. The fraction of sp³-hybridized carbons (Fsp3) is 0.412. The summed E-state index contributed by atoms with van der Waals surface area (Å²) in [5.41, 5.74) is 2.19. The van der Waals surface area contributed by atoms with Crippen LogP contribution in [0.1, 0.15) is 42.3 Å². The lowest BCUT2D eigenvalue weighted by Crippen LogP contribution is -2.22. The number of benzene rings is 1. The predicted molar refractivity (Wildman–Crippen MR) is 85.7 cm³/mol. The van der Waals surface area contributed by atoms with Gasteiger partial charge in [-0.3, -0.25) is 0 Å². The average molecular weight is 289 g/mol. The van der Waals surface area contributed by atoms with Gasteiger partial charge in [-0.2, -0.15) is 0 Å². The Hall–Kier alpha value is -1.16. The monoisotopic (exact) mass is 289 g/mol. The number of hydrogen-bond acceptors (Lipinski definition) is 3. The van der Waals surface area contributed by atoms with Crippen molar-refractivity contribution in [2.75, 3.05) is 0 Å². The molecule has 1 unspecified atom stereocenters. The van der Waals surface area contributed by atoms with E-state index in [-0.39, 0.29) is 6.61 Å². The molecule has 1 heterocycles. The van der Waals surface area contributed by atoms with Gasteiger partial charge in [0.05, 0.1) is 6.61 Å². The molecule has 0 bridgehead atoms. The molecule has 0 fully saturated rings. The molecule has 0 amide bonds. The Morgan fingerprint density at radius 3 is 2.45 bits per heavy atom. The van der Waals surface area contributed by atoms with Gasteiger partial charge in [-0.1, -0.05) is 44.2 Å². The molecule has 2 N–H and O–H groups in total. The van der Waals surface area contributed by atoms with Crippen LogP contribution in [0.3, 0.4) is 0 Å². The topological polar surface area (TPSA) is 32.3 Å². The van der Waals surface area contributed by atoms with Gasteiger partial charge >= 0.3 is 0 Å². The third-order valence-electron chi connectivity index (χ3n) is 3.42. The molecule has 0 aliphatic rings. The Morgan fingerprint density at radius 2 is 1.85 bits per heavy atom. The second-order valence-electron chi connectivity index (χ2n) is 5.51. The minimum atomic E-state index is 0.103. The summed E-state index contributed by atoms with van der Waals surface area (Å²) in [6.07, 6.45) is 1.13. The van der Waals surface area contributed by atoms with Crippen molar-refractivity contribution in [1.29, 1.82) is 0 Å². The highest BCUT2D eigenvalue weighted by Crippen LogP contribution is 2.26. The van der Waals surface area contributed by atoms with Gasteiger partial charge in [-0.25, -0.2) is 0 Å². The molecular weight excluding hydrogens is 266 g/mol. The van der Waals surface area contributed by atoms with Crippen LogP contribution in [0.25, 0.3) is 0 Å². The van der Waals surface area contributed by atoms with Gasteiger partial charge in [-0.15, -0.1) is 11.3 Å². The van der Waals surface area contributed by atoms with Crippen molar-refractivity contribution in [2.24, 2.45) is 5.92 Å². The molecule has 1 aromatic heterocycles. The molecule has 0 aliphatic carbocycles. The molecule has 0 saturated heterocycles. The first-order valence-electron chi connectivity index (χ1n) is 7.15. The van der Waals surface area contributed by atoms with Crippen LogP contribution in [0.15, 0.2) is 41.8 Å². The third-order valence-corrected chi connectivity index (χ3v) is 4.41. The predicted octanol–water partition coefficient (Wildman–Crippen LogP) is 4.12. The number of hydrogen-bond donors (Lipinski definition) is 2. The molecular formula is C17H23NOS. The molecule has 0 saturated carbocycles. The lowest BCUT2D eigenvalue weighted by atomic mass is 10.0. The number of rotatable bonds is 7. The largest absolute Gasteiger partial charge is 0.392 e. The SMILES string of the molecule is CC(C)CC(NCc1ccccc1CO)c1cccs1. The van der Waals surface area contributed by atoms with Gasteiger partial charge in [0.25, 0.3) is 0 Å². The molecule has 0 spiro atoms. The number of nitrogens with one attached hydrogen (secondary N) is 1. The molecule has 2 rings (SSSR count).